The van der Waals surface area contributed by atoms with Gasteiger partial charge in [-0.15, -0.1) is 0 Å². The first-order valence-corrected chi connectivity index (χ1v) is 11.5. The number of methoxy groups -OCH3 is 3. The number of hydrogen-bond donors (Lipinski definition) is 2. The van der Waals surface area contributed by atoms with Crippen molar-refractivity contribution in [3.8, 4) is 0 Å². The van der Waals surface area contributed by atoms with E-state index in [4.69, 9.17) is 53.5 Å². The van der Waals surface area contributed by atoms with Gasteiger partial charge in [0.25, 0.3) is 0 Å². The lowest BCUT2D eigenvalue weighted by Gasteiger charge is -2.03. The smallest absolute Gasteiger partial charge is 0.0701 e. The van der Waals surface area contributed by atoms with Gasteiger partial charge >= 0.3 is 0 Å². The van der Waals surface area contributed by atoms with Crippen LogP contribution in [0.25, 0.3) is 0 Å². The average molecular weight is 490 g/mol. The number of nitrogens with two attached hydrogens (primary N) is 1. The summed E-state index contributed by atoms with van der Waals surface area (Å²) >= 11 is 0. The van der Waals surface area contributed by atoms with Crippen molar-refractivity contribution in [2.75, 3.05) is 134 Å². The summed E-state index contributed by atoms with van der Waals surface area (Å²) in [7, 11) is 4.94. The molecule has 0 spiro atoms. The minimum atomic E-state index is 0.0675. The molecule has 204 valence electrons. The van der Waals surface area contributed by atoms with E-state index < -0.39 is 0 Å². The Morgan fingerprint density at radius 2 is 0.758 bits per heavy atom. The normalized spacial score (nSPS) is 10.4. The van der Waals surface area contributed by atoms with Crippen LogP contribution in [-0.2, 0) is 42.6 Å². The van der Waals surface area contributed by atoms with Gasteiger partial charge in [0.1, 0.15) is 0 Å². The fraction of sp³-hybridized carbons (Fsp3) is 1.00. The first-order valence-electron chi connectivity index (χ1n) is 11.5. The van der Waals surface area contributed by atoms with Crippen molar-refractivity contribution in [2.24, 2.45) is 5.73 Å². The van der Waals surface area contributed by atoms with Crippen LogP contribution in [0.4, 0.5) is 0 Å². The second-order valence-electron chi connectivity index (χ2n) is 6.16. The Balaban J connectivity index is -0.000000409. The summed E-state index contributed by atoms with van der Waals surface area (Å²) in [6.45, 7) is 12.0. The van der Waals surface area contributed by atoms with Gasteiger partial charge in [-0.1, -0.05) is 6.92 Å². The topological polar surface area (TPSA) is 129 Å². The Bertz CT molecular complexity index is 225. The summed E-state index contributed by atoms with van der Waals surface area (Å²) in [6.07, 6.45) is 1.07. The molecule has 0 radical (unpaired) electrons. The molecule has 0 saturated carbocycles. The average Bonchev–Trinajstić information content (AvgIpc) is 2.83. The van der Waals surface area contributed by atoms with E-state index in [0.29, 0.717) is 99.0 Å². The number of aliphatic hydroxyl groups is 1. The van der Waals surface area contributed by atoms with E-state index in [1.54, 1.807) is 21.3 Å². The third-order valence-electron chi connectivity index (χ3n) is 3.26. The Kier molecular flexibility index (Phi) is 47.0. The summed E-state index contributed by atoms with van der Waals surface area (Å²) in [5.74, 6) is 0. The summed E-state index contributed by atoms with van der Waals surface area (Å²) in [6, 6.07) is 0. The highest BCUT2D eigenvalue weighted by Crippen LogP contribution is 1.82. The molecule has 0 aromatic carbocycles. The van der Waals surface area contributed by atoms with Gasteiger partial charge in [-0.25, -0.2) is 0 Å². The molecule has 11 heteroatoms. The maximum Gasteiger partial charge on any atom is 0.0701 e. The summed E-state index contributed by atoms with van der Waals surface area (Å²) in [5, 5.41) is 8.32. The van der Waals surface area contributed by atoms with Gasteiger partial charge in [-0.05, 0) is 6.42 Å². The van der Waals surface area contributed by atoms with E-state index in [-0.39, 0.29) is 6.61 Å². The van der Waals surface area contributed by atoms with Crippen molar-refractivity contribution < 1.29 is 47.7 Å². The van der Waals surface area contributed by atoms with Gasteiger partial charge in [0.2, 0.25) is 0 Å². The van der Waals surface area contributed by atoms with Crippen molar-refractivity contribution in [1.29, 1.82) is 0 Å². The number of aliphatic hydroxyl groups excluding tert-OH is 1. The molecule has 0 aliphatic carbocycles. The first kappa shape index (κ1) is 37.1. The van der Waals surface area contributed by atoms with Crippen molar-refractivity contribution in [1.82, 2.24) is 0 Å². The molecule has 3 N–H and O–H groups in total. The second kappa shape index (κ2) is 41.8. The van der Waals surface area contributed by atoms with Gasteiger partial charge in [0, 0.05) is 34.5 Å². The third-order valence-corrected chi connectivity index (χ3v) is 3.26. The van der Waals surface area contributed by atoms with Gasteiger partial charge in [0.05, 0.1) is 99.1 Å². The van der Waals surface area contributed by atoms with Crippen LogP contribution in [0.5, 0.6) is 0 Å². The number of ether oxygens (including phenoxy) is 9. The van der Waals surface area contributed by atoms with E-state index in [0.717, 1.165) is 13.0 Å². The zero-order valence-corrected chi connectivity index (χ0v) is 21.4. The van der Waals surface area contributed by atoms with Crippen molar-refractivity contribution in [3.05, 3.63) is 0 Å². The predicted molar refractivity (Wildman–Crippen MR) is 127 cm³/mol. The Labute approximate surface area is 201 Å². The Morgan fingerprint density at radius 1 is 0.455 bits per heavy atom. The largest absolute Gasteiger partial charge is 0.394 e. The monoisotopic (exact) mass is 489 g/mol. The maximum absolute atomic E-state index is 8.32. The molecular formula is C22H51NO10. The fourth-order valence-electron chi connectivity index (χ4n) is 1.68. The van der Waals surface area contributed by atoms with E-state index in [2.05, 4.69) is 6.92 Å². The molecule has 0 rings (SSSR count). The van der Waals surface area contributed by atoms with Crippen LogP contribution in [0.2, 0.25) is 0 Å². The fourth-order valence-corrected chi connectivity index (χ4v) is 1.68. The standard InChI is InChI=1S/C8H18O3.C7H17NO3.C7H16O4/c1-3-4-10-7-8-11-6-5-9-2;2*1-9-4-5-11-7-6-10-3-2-8/h3-8H2,1-2H3;2-8H2,1H3;8H,2-7H2,1H3. The van der Waals surface area contributed by atoms with Gasteiger partial charge in [-0.2, -0.15) is 0 Å². The van der Waals surface area contributed by atoms with Crippen molar-refractivity contribution in [3.63, 3.8) is 0 Å². The number of rotatable bonds is 24. The third kappa shape index (κ3) is 49.7. The van der Waals surface area contributed by atoms with Gasteiger partial charge < -0.3 is 53.5 Å². The molecule has 0 aromatic heterocycles. The summed E-state index contributed by atoms with van der Waals surface area (Å²) < 4.78 is 45.0. The van der Waals surface area contributed by atoms with Crippen LogP contribution in [0, 0.1) is 0 Å². The van der Waals surface area contributed by atoms with Crippen LogP contribution >= 0.6 is 0 Å². The van der Waals surface area contributed by atoms with Crippen LogP contribution in [0.3, 0.4) is 0 Å². The van der Waals surface area contributed by atoms with Crippen LogP contribution in [-0.4, -0.2) is 139 Å². The predicted octanol–water partition coefficient (Wildman–Crippen LogP) is 0.359. The lowest BCUT2D eigenvalue weighted by Crippen LogP contribution is -2.13. The molecule has 0 aliphatic rings. The van der Waals surface area contributed by atoms with Crippen LogP contribution < -0.4 is 5.73 Å². The lowest BCUT2D eigenvalue weighted by atomic mass is 10.5. The molecule has 0 saturated heterocycles. The number of hydrogen-bond acceptors (Lipinski definition) is 11. The molecule has 0 fully saturated rings. The summed E-state index contributed by atoms with van der Waals surface area (Å²) in [4.78, 5) is 0. The van der Waals surface area contributed by atoms with E-state index in [1.165, 1.54) is 0 Å². The molecule has 0 unspecified atom stereocenters. The van der Waals surface area contributed by atoms with Crippen LogP contribution in [0.1, 0.15) is 13.3 Å². The molecule has 0 heterocycles. The zero-order chi connectivity index (χ0) is 25.1. The second-order valence-corrected chi connectivity index (χ2v) is 6.16. The maximum atomic E-state index is 8.32. The molecule has 0 atom stereocenters. The quantitative estimate of drug-likeness (QED) is 0.182. The molecule has 33 heavy (non-hydrogen) atoms. The first-order chi connectivity index (χ1) is 16.2. The van der Waals surface area contributed by atoms with Crippen molar-refractivity contribution in [2.45, 2.75) is 13.3 Å². The SMILES string of the molecule is CCCOCCOCCOC.COCCOCCOCCN.COCCOCCOCCO. The van der Waals surface area contributed by atoms with Crippen LogP contribution in [0.15, 0.2) is 0 Å². The highest BCUT2D eigenvalue weighted by Gasteiger charge is 1.89. The van der Waals surface area contributed by atoms with Crippen molar-refractivity contribution >= 4 is 0 Å². The minimum Gasteiger partial charge on any atom is -0.394 e. The zero-order valence-electron chi connectivity index (χ0n) is 21.4. The molecule has 0 aromatic rings. The highest BCUT2D eigenvalue weighted by molar-refractivity contribution is 4.34. The van der Waals surface area contributed by atoms with E-state index in [1.807, 2.05) is 0 Å². The molecule has 11 nitrogen and oxygen atoms in total. The Morgan fingerprint density at radius 3 is 1.06 bits per heavy atom. The molecule has 0 amide bonds. The van der Waals surface area contributed by atoms with E-state index >= 15 is 0 Å². The van der Waals surface area contributed by atoms with E-state index in [9.17, 15) is 0 Å². The van der Waals surface area contributed by atoms with Gasteiger partial charge in [-0.3, -0.25) is 0 Å². The molecule has 0 aliphatic heterocycles. The molecule has 0 bridgehead atoms. The highest BCUT2D eigenvalue weighted by atomic mass is 16.6. The minimum absolute atomic E-state index is 0.0675. The summed E-state index contributed by atoms with van der Waals surface area (Å²) in [5.41, 5.74) is 5.21. The molecular weight excluding hydrogens is 438 g/mol. The lowest BCUT2D eigenvalue weighted by molar-refractivity contribution is 0.0159. The van der Waals surface area contributed by atoms with Gasteiger partial charge in [0.15, 0.2) is 0 Å². The Hall–Kier alpha value is -0.440.